The lowest BCUT2D eigenvalue weighted by atomic mass is 10.1. The molecule has 0 unspecified atom stereocenters. The second kappa shape index (κ2) is 12.8. The van der Waals surface area contributed by atoms with Crippen LogP contribution in [0.5, 0.6) is 0 Å². The standard InChI is InChI=1S/C29H24Cl2N4O4S/c1-20(21-12-14-25(15-13-21)32-29(37)22-8-4-2-5-9-22)33-34-28(36)19-35(26-17-23(30)16-24(31)18-26)40(38,39)27-10-6-3-7-11-27/h2-18H,19H2,1H3,(H,32,37)(H,34,36)/b33-20-. The Balaban J connectivity index is 1.48. The van der Waals surface area contributed by atoms with E-state index in [0.717, 1.165) is 4.31 Å². The second-order valence-corrected chi connectivity index (χ2v) is 11.3. The average Bonchev–Trinajstić information content (AvgIpc) is 2.95. The quantitative estimate of drug-likeness (QED) is 0.183. The zero-order valence-corrected chi connectivity index (χ0v) is 23.5. The number of amides is 2. The Morgan fingerprint density at radius 1 is 0.800 bits per heavy atom. The predicted octanol–water partition coefficient (Wildman–Crippen LogP) is 5.98. The number of rotatable bonds is 9. The number of anilines is 2. The van der Waals surface area contributed by atoms with E-state index >= 15 is 0 Å². The van der Waals surface area contributed by atoms with Crippen molar-refractivity contribution in [2.75, 3.05) is 16.2 Å². The highest BCUT2D eigenvalue weighted by atomic mass is 35.5. The van der Waals surface area contributed by atoms with E-state index in [9.17, 15) is 18.0 Å². The third kappa shape index (κ3) is 7.26. The second-order valence-electron chi connectivity index (χ2n) is 8.58. The van der Waals surface area contributed by atoms with Gasteiger partial charge in [-0.1, -0.05) is 71.7 Å². The van der Waals surface area contributed by atoms with Gasteiger partial charge < -0.3 is 5.32 Å². The van der Waals surface area contributed by atoms with Crippen molar-refractivity contribution in [3.05, 3.63) is 124 Å². The molecule has 0 spiro atoms. The molecule has 0 saturated carbocycles. The fraction of sp³-hybridized carbons (Fsp3) is 0.0690. The highest BCUT2D eigenvalue weighted by Gasteiger charge is 2.27. The van der Waals surface area contributed by atoms with Crippen molar-refractivity contribution < 1.29 is 18.0 Å². The predicted molar refractivity (Wildman–Crippen MR) is 159 cm³/mol. The smallest absolute Gasteiger partial charge is 0.264 e. The summed E-state index contributed by atoms with van der Waals surface area (Å²) in [5, 5.41) is 7.38. The number of benzene rings is 4. The van der Waals surface area contributed by atoms with E-state index in [1.165, 1.54) is 30.3 Å². The van der Waals surface area contributed by atoms with E-state index in [1.807, 2.05) is 6.07 Å². The van der Waals surface area contributed by atoms with Crippen LogP contribution in [-0.4, -0.2) is 32.5 Å². The van der Waals surface area contributed by atoms with Crippen LogP contribution < -0.4 is 15.0 Å². The van der Waals surface area contributed by atoms with Gasteiger partial charge in [0.25, 0.3) is 21.8 Å². The van der Waals surface area contributed by atoms with Gasteiger partial charge in [-0.05, 0) is 67.1 Å². The third-order valence-electron chi connectivity index (χ3n) is 5.70. The van der Waals surface area contributed by atoms with E-state index in [2.05, 4.69) is 15.8 Å². The molecule has 0 aliphatic heterocycles. The molecule has 4 aromatic rings. The summed E-state index contributed by atoms with van der Waals surface area (Å²) in [6, 6.07) is 27.8. The van der Waals surface area contributed by atoms with E-state index in [-0.39, 0.29) is 26.5 Å². The molecule has 4 rings (SSSR count). The maximum absolute atomic E-state index is 13.4. The van der Waals surface area contributed by atoms with Crippen molar-refractivity contribution >= 4 is 62.1 Å². The Kier molecular flexibility index (Phi) is 9.21. The minimum Gasteiger partial charge on any atom is -0.322 e. The highest BCUT2D eigenvalue weighted by molar-refractivity contribution is 7.92. The summed E-state index contributed by atoms with van der Waals surface area (Å²) >= 11 is 12.2. The number of nitrogens with zero attached hydrogens (tertiary/aromatic N) is 2. The lowest BCUT2D eigenvalue weighted by Gasteiger charge is -2.24. The number of hydrogen-bond donors (Lipinski definition) is 2. The van der Waals surface area contributed by atoms with Gasteiger partial charge in [-0.15, -0.1) is 0 Å². The minimum atomic E-state index is -4.14. The molecule has 2 N–H and O–H groups in total. The van der Waals surface area contributed by atoms with Crippen molar-refractivity contribution in [3.8, 4) is 0 Å². The van der Waals surface area contributed by atoms with Gasteiger partial charge in [0.1, 0.15) is 6.54 Å². The molecule has 11 heteroatoms. The summed E-state index contributed by atoms with van der Waals surface area (Å²) in [4.78, 5) is 25.2. The van der Waals surface area contributed by atoms with Crippen molar-refractivity contribution in [2.45, 2.75) is 11.8 Å². The monoisotopic (exact) mass is 594 g/mol. The van der Waals surface area contributed by atoms with Crippen LogP contribution in [0.4, 0.5) is 11.4 Å². The van der Waals surface area contributed by atoms with E-state index in [4.69, 9.17) is 23.2 Å². The van der Waals surface area contributed by atoms with Gasteiger partial charge in [0.2, 0.25) is 0 Å². The first-order valence-electron chi connectivity index (χ1n) is 12.0. The normalized spacial score (nSPS) is 11.5. The van der Waals surface area contributed by atoms with E-state index in [0.29, 0.717) is 22.5 Å². The van der Waals surface area contributed by atoms with Crippen molar-refractivity contribution in [1.29, 1.82) is 0 Å². The first-order chi connectivity index (χ1) is 19.1. The molecule has 0 heterocycles. The van der Waals surface area contributed by atoms with E-state index < -0.39 is 22.5 Å². The van der Waals surface area contributed by atoms with Gasteiger partial charge in [0.05, 0.1) is 16.3 Å². The molecule has 0 aromatic heterocycles. The van der Waals surface area contributed by atoms with Crippen molar-refractivity contribution in [2.24, 2.45) is 5.10 Å². The fourth-order valence-electron chi connectivity index (χ4n) is 3.68. The Labute approximate surface area is 242 Å². The molecular formula is C29H24Cl2N4O4S. The summed E-state index contributed by atoms with van der Waals surface area (Å²) in [6.07, 6.45) is 0. The summed E-state index contributed by atoms with van der Waals surface area (Å²) < 4.78 is 27.8. The van der Waals surface area contributed by atoms with Crippen LogP contribution in [0.3, 0.4) is 0 Å². The van der Waals surface area contributed by atoms with Gasteiger partial charge in [-0.2, -0.15) is 5.10 Å². The number of hydrogen-bond acceptors (Lipinski definition) is 5. The van der Waals surface area contributed by atoms with Crippen LogP contribution in [0.2, 0.25) is 10.0 Å². The lowest BCUT2D eigenvalue weighted by Crippen LogP contribution is -2.39. The van der Waals surface area contributed by atoms with Gasteiger partial charge in [0, 0.05) is 21.3 Å². The average molecular weight is 596 g/mol. The number of nitrogens with one attached hydrogen (secondary N) is 2. The number of halogens is 2. The maximum Gasteiger partial charge on any atom is 0.264 e. The molecule has 40 heavy (non-hydrogen) atoms. The van der Waals surface area contributed by atoms with E-state index in [1.54, 1.807) is 73.7 Å². The molecule has 4 aromatic carbocycles. The SMILES string of the molecule is C/C(=N/NC(=O)CN(c1cc(Cl)cc(Cl)c1)S(=O)(=O)c1ccccc1)c1ccc(NC(=O)c2ccccc2)cc1. The zero-order chi connectivity index (χ0) is 28.7. The molecule has 0 aliphatic rings. The Bertz CT molecular complexity index is 1630. The van der Waals surface area contributed by atoms with Crippen LogP contribution in [0.25, 0.3) is 0 Å². The molecule has 0 saturated heterocycles. The summed E-state index contributed by atoms with van der Waals surface area (Å²) in [7, 11) is -4.14. The van der Waals surface area contributed by atoms with Gasteiger partial charge in [-0.25, -0.2) is 13.8 Å². The minimum absolute atomic E-state index is 0.00183. The molecule has 0 fully saturated rings. The molecule has 0 bridgehead atoms. The molecule has 204 valence electrons. The molecule has 0 atom stereocenters. The summed E-state index contributed by atoms with van der Waals surface area (Å²) in [5.74, 6) is -0.913. The van der Waals surface area contributed by atoms with Crippen LogP contribution in [0.1, 0.15) is 22.8 Å². The zero-order valence-electron chi connectivity index (χ0n) is 21.2. The van der Waals surface area contributed by atoms with Crippen molar-refractivity contribution in [3.63, 3.8) is 0 Å². The number of sulfonamides is 1. The van der Waals surface area contributed by atoms with Crippen LogP contribution in [-0.2, 0) is 14.8 Å². The number of hydrazone groups is 1. The molecule has 2 amide bonds. The fourth-order valence-corrected chi connectivity index (χ4v) is 5.62. The van der Waals surface area contributed by atoms with Crippen LogP contribution in [0.15, 0.2) is 113 Å². The summed E-state index contributed by atoms with van der Waals surface area (Å²) in [6.45, 7) is 1.11. The molecule has 8 nitrogen and oxygen atoms in total. The van der Waals surface area contributed by atoms with Crippen molar-refractivity contribution in [1.82, 2.24) is 5.43 Å². The number of carbonyl (C=O) groups is 2. The molecule has 0 aliphatic carbocycles. The van der Waals surface area contributed by atoms with Crippen LogP contribution >= 0.6 is 23.2 Å². The van der Waals surface area contributed by atoms with Crippen LogP contribution in [0, 0.1) is 0 Å². The Hall–Kier alpha value is -4.18. The lowest BCUT2D eigenvalue weighted by molar-refractivity contribution is -0.119. The van der Waals surface area contributed by atoms with Gasteiger partial charge >= 0.3 is 0 Å². The van der Waals surface area contributed by atoms with Gasteiger partial charge in [-0.3, -0.25) is 13.9 Å². The molecule has 0 radical (unpaired) electrons. The Morgan fingerprint density at radius 3 is 1.98 bits per heavy atom. The number of carbonyl (C=O) groups excluding carboxylic acids is 2. The largest absolute Gasteiger partial charge is 0.322 e. The van der Waals surface area contributed by atoms with Gasteiger partial charge in [0.15, 0.2) is 0 Å². The maximum atomic E-state index is 13.4. The Morgan fingerprint density at radius 2 is 1.38 bits per heavy atom. The first-order valence-corrected chi connectivity index (χ1v) is 14.2. The summed E-state index contributed by atoms with van der Waals surface area (Å²) in [5.41, 5.74) is 4.83. The molecular weight excluding hydrogens is 571 g/mol. The highest BCUT2D eigenvalue weighted by Crippen LogP contribution is 2.29. The first kappa shape index (κ1) is 28.8. The third-order valence-corrected chi connectivity index (χ3v) is 7.92. The topological polar surface area (TPSA) is 108 Å².